The molecule has 3 aromatic rings. The number of halogens is 2. The third kappa shape index (κ3) is 8.20. The SMILES string of the molecule is CCOC(=O)OCOC(=O)C(O)CN(Cc1ccc(-c2cc(Cl)ccc2F)cc1)NC(=O)c1nn[nH]n1. The van der Waals surface area contributed by atoms with Gasteiger partial charge in [0.05, 0.1) is 13.2 Å². The summed E-state index contributed by atoms with van der Waals surface area (Å²) in [6.07, 6.45) is -2.78. The summed E-state index contributed by atoms with van der Waals surface area (Å²) < 4.78 is 27.9. The highest BCUT2D eigenvalue weighted by molar-refractivity contribution is 6.30. The summed E-state index contributed by atoms with van der Waals surface area (Å²) in [4.78, 5) is 35.7. The van der Waals surface area contributed by atoms with Crippen molar-refractivity contribution in [2.75, 3.05) is 19.9 Å². The van der Waals surface area contributed by atoms with E-state index in [9.17, 15) is 23.9 Å². The predicted octanol–water partition coefficient (Wildman–Crippen LogP) is 1.84. The van der Waals surface area contributed by atoms with Gasteiger partial charge in [0.25, 0.3) is 5.82 Å². The Morgan fingerprint density at radius 3 is 2.59 bits per heavy atom. The van der Waals surface area contributed by atoms with Crippen LogP contribution in [0, 0.1) is 5.82 Å². The molecule has 1 aromatic heterocycles. The molecule has 0 spiro atoms. The third-order valence-corrected chi connectivity index (χ3v) is 4.92. The van der Waals surface area contributed by atoms with E-state index in [-0.39, 0.29) is 19.0 Å². The van der Waals surface area contributed by atoms with Crippen LogP contribution in [0.3, 0.4) is 0 Å². The van der Waals surface area contributed by atoms with Crippen LogP contribution in [0.15, 0.2) is 42.5 Å². The fraction of sp³-hybridized carbons (Fsp3) is 0.273. The topological polar surface area (TPSA) is 169 Å². The van der Waals surface area contributed by atoms with Crippen molar-refractivity contribution in [1.82, 2.24) is 31.1 Å². The molecule has 0 bridgehead atoms. The number of ether oxygens (including phenoxy) is 3. The maximum atomic E-state index is 14.2. The summed E-state index contributed by atoms with van der Waals surface area (Å²) in [5.41, 5.74) is 3.97. The number of carbonyl (C=O) groups excluding carboxylic acids is 3. The number of amides is 1. The minimum absolute atomic E-state index is 0.00552. The lowest BCUT2D eigenvalue weighted by Crippen LogP contribution is -2.48. The number of aromatic amines is 1. The van der Waals surface area contributed by atoms with E-state index in [2.05, 4.69) is 35.5 Å². The Hall–Kier alpha value is -4.14. The number of rotatable bonds is 11. The zero-order valence-electron chi connectivity index (χ0n) is 19.4. The number of tetrazole rings is 1. The molecule has 0 aliphatic heterocycles. The molecule has 2 aromatic carbocycles. The largest absolute Gasteiger partial charge is 0.511 e. The van der Waals surface area contributed by atoms with E-state index in [4.69, 9.17) is 16.3 Å². The molecular formula is C22H22ClFN6O7. The Kier molecular flexibility index (Phi) is 9.83. The average Bonchev–Trinajstić information content (AvgIpc) is 3.41. The molecule has 1 atom stereocenters. The summed E-state index contributed by atoms with van der Waals surface area (Å²) in [6, 6.07) is 10.8. The number of hydrazine groups is 1. The molecule has 0 aliphatic carbocycles. The molecule has 196 valence electrons. The van der Waals surface area contributed by atoms with Crippen LogP contribution in [0.1, 0.15) is 23.1 Å². The second kappa shape index (κ2) is 13.2. The quantitative estimate of drug-likeness (QED) is 0.186. The number of hydrogen-bond donors (Lipinski definition) is 3. The van der Waals surface area contributed by atoms with Crippen LogP contribution in [-0.2, 0) is 25.5 Å². The molecule has 15 heteroatoms. The van der Waals surface area contributed by atoms with Crippen LogP contribution in [0.2, 0.25) is 5.02 Å². The molecule has 37 heavy (non-hydrogen) atoms. The molecule has 13 nitrogen and oxygen atoms in total. The van der Waals surface area contributed by atoms with Gasteiger partial charge in [-0.2, -0.15) is 5.21 Å². The lowest BCUT2D eigenvalue weighted by Gasteiger charge is -2.24. The van der Waals surface area contributed by atoms with Gasteiger partial charge in [-0.3, -0.25) is 10.2 Å². The number of H-pyrrole nitrogens is 1. The molecule has 0 aliphatic rings. The summed E-state index contributed by atoms with van der Waals surface area (Å²) in [5.74, 6) is -2.61. The van der Waals surface area contributed by atoms with Crippen molar-refractivity contribution in [3.63, 3.8) is 0 Å². The van der Waals surface area contributed by atoms with Gasteiger partial charge < -0.3 is 19.3 Å². The standard InChI is InChI=1S/C22H22ClFN6O7/c1-2-35-22(34)37-12-36-21(33)18(31)11-30(27-20(32)19-25-28-29-26-19)10-13-3-5-14(6-4-13)16-9-15(23)7-8-17(16)24/h3-9,18,31H,2,10-12H2,1H3,(H,27,32)(H,25,26,28,29). The predicted molar refractivity (Wildman–Crippen MR) is 124 cm³/mol. The Bertz CT molecular complexity index is 1210. The first-order valence-electron chi connectivity index (χ1n) is 10.7. The van der Waals surface area contributed by atoms with Crippen LogP contribution < -0.4 is 5.43 Å². The number of nitrogens with one attached hydrogen (secondary N) is 2. The zero-order chi connectivity index (χ0) is 26.8. The van der Waals surface area contributed by atoms with Crippen molar-refractivity contribution in [2.45, 2.75) is 19.6 Å². The molecule has 1 unspecified atom stereocenters. The van der Waals surface area contributed by atoms with E-state index in [1.807, 2.05) is 0 Å². The van der Waals surface area contributed by atoms with E-state index in [0.717, 1.165) is 0 Å². The third-order valence-electron chi connectivity index (χ3n) is 4.68. The zero-order valence-corrected chi connectivity index (χ0v) is 20.1. The van der Waals surface area contributed by atoms with Gasteiger partial charge in [0.1, 0.15) is 5.82 Å². The van der Waals surface area contributed by atoms with Gasteiger partial charge in [0, 0.05) is 17.1 Å². The molecule has 1 amide bonds. The maximum Gasteiger partial charge on any atom is 0.511 e. The van der Waals surface area contributed by atoms with E-state index < -0.39 is 43.3 Å². The molecule has 3 rings (SSSR count). The van der Waals surface area contributed by atoms with Gasteiger partial charge >= 0.3 is 18.0 Å². The molecule has 0 radical (unpaired) electrons. The number of benzene rings is 2. The fourth-order valence-electron chi connectivity index (χ4n) is 3.00. The van der Waals surface area contributed by atoms with Crippen molar-refractivity contribution in [3.8, 4) is 11.1 Å². The summed E-state index contributed by atoms with van der Waals surface area (Å²) >= 11 is 5.97. The van der Waals surface area contributed by atoms with Crippen molar-refractivity contribution in [2.24, 2.45) is 0 Å². The first kappa shape index (κ1) is 27.4. The minimum Gasteiger partial charge on any atom is -0.435 e. The van der Waals surface area contributed by atoms with E-state index in [1.54, 1.807) is 31.2 Å². The van der Waals surface area contributed by atoms with Crippen molar-refractivity contribution < 1.29 is 38.1 Å². The number of aliphatic hydroxyl groups excluding tert-OH is 1. The van der Waals surface area contributed by atoms with Crippen molar-refractivity contribution >= 4 is 29.6 Å². The van der Waals surface area contributed by atoms with Crippen LogP contribution in [0.5, 0.6) is 0 Å². The summed E-state index contributed by atoms with van der Waals surface area (Å²) in [6.45, 7) is 0.445. The van der Waals surface area contributed by atoms with Gasteiger partial charge in [-0.15, -0.1) is 10.2 Å². The minimum atomic E-state index is -1.74. The summed E-state index contributed by atoms with van der Waals surface area (Å²) in [5, 5.41) is 24.5. The molecule has 0 fully saturated rings. The van der Waals surface area contributed by atoms with Gasteiger partial charge in [-0.25, -0.2) is 19.0 Å². The van der Waals surface area contributed by atoms with Crippen LogP contribution >= 0.6 is 11.6 Å². The lowest BCUT2D eigenvalue weighted by molar-refractivity contribution is -0.164. The second-order valence-electron chi connectivity index (χ2n) is 7.30. The van der Waals surface area contributed by atoms with Crippen molar-refractivity contribution in [3.05, 3.63) is 64.7 Å². The molecule has 3 N–H and O–H groups in total. The number of carbonyl (C=O) groups is 3. The number of hydrogen-bond acceptors (Lipinski definition) is 11. The molecule has 0 saturated carbocycles. The Morgan fingerprint density at radius 1 is 1.16 bits per heavy atom. The normalized spacial score (nSPS) is 11.6. The highest BCUT2D eigenvalue weighted by Crippen LogP contribution is 2.26. The van der Waals surface area contributed by atoms with E-state index >= 15 is 0 Å². The first-order chi connectivity index (χ1) is 17.8. The number of aliphatic hydroxyl groups is 1. The van der Waals surface area contributed by atoms with E-state index in [0.29, 0.717) is 21.7 Å². The molecule has 0 saturated heterocycles. The number of esters is 1. The Balaban J connectivity index is 1.68. The van der Waals surface area contributed by atoms with Crippen LogP contribution in [-0.4, -0.2) is 74.8 Å². The number of nitrogens with zero attached hydrogens (tertiary/aromatic N) is 4. The average molecular weight is 537 g/mol. The van der Waals surface area contributed by atoms with Crippen molar-refractivity contribution in [1.29, 1.82) is 0 Å². The Morgan fingerprint density at radius 2 is 1.92 bits per heavy atom. The molecule has 1 heterocycles. The molecular weight excluding hydrogens is 515 g/mol. The second-order valence-corrected chi connectivity index (χ2v) is 7.74. The maximum absolute atomic E-state index is 14.2. The van der Waals surface area contributed by atoms with Crippen LogP contribution in [0.4, 0.5) is 9.18 Å². The van der Waals surface area contributed by atoms with Gasteiger partial charge in [0.15, 0.2) is 6.10 Å². The summed E-state index contributed by atoms with van der Waals surface area (Å²) in [7, 11) is 0. The van der Waals surface area contributed by atoms with Gasteiger partial charge in [-0.1, -0.05) is 35.9 Å². The van der Waals surface area contributed by atoms with Gasteiger partial charge in [0.2, 0.25) is 6.79 Å². The van der Waals surface area contributed by atoms with Crippen LogP contribution in [0.25, 0.3) is 11.1 Å². The first-order valence-corrected chi connectivity index (χ1v) is 11.1. The monoisotopic (exact) mass is 536 g/mol. The lowest BCUT2D eigenvalue weighted by atomic mass is 10.0. The number of aromatic nitrogens is 4. The van der Waals surface area contributed by atoms with E-state index in [1.165, 1.54) is 23.2 Å². The smallest absolute Gasteiger partial charge is 0.435 e. The highest BCUT2D eigenvalue weighted by atomic mass is 35.5. The highest BCUT2D eigenvalue weighted by Gasteiger charge is 2.24. The Labute approximate surface area is 214 Å². The van der Waals surface area contributed by atoms with Gasteiger partial charge in [-0.05, 0) is 41.5 Å². The fourth-order valence-corrected chi connectivity index (χ4v) is 3.18.